The third kappa shape index (κ3) is 4.88. The van der Waals surface area contributed by atoms with Gasteiger partial charge in [-0.05, 0) is 62.6 Å². The lowest BCUT2D eigenvalue weighted by Crippen LogP contribution is -2.32. The molecule has 0 unspecified atom stereocenters. The van der Waals surface area contributed by atoms with E-state index >= 15 is 0 Å². The van der Waals surface area contributed by atoms with Gasteiger partial charge in [-0.2, -0.15) is 5.10 Å². The van der Waals surface area contributed by atoms with Crippen LogP contribution in [0, 0.1) is 0 Å². The Kier molecular flexibility index (Phi) is 6.21. The zero-order chi connectivity index (χ0) is 21.6. The standard InChI is InChI=1S/C22H25N7O2/c1-16(29-15-23-14-25-29)21(30)26-17-7-9-18(10-8-17)27-22(31)19-6-5-11-24-20(19)28-12-3-2-4-13-28/h5-11,14-16H,2-4,12-13H2,1H3,(H,26,30)(H,27,31)/t16-/m1/s1. The summed E-state index contributed by atoms with van der Waals surface area (Å²) in [6, 6.07) is 10.1. The number of hydrogen-bond donors (Lipinski definition) is 2. The zero-order valence-electron chi connectivity index (χ0n) is 17.4. The number of aromatic nitrogens is 4. The predicted octanol–water partition coefficient (Wildman–Crippen LogP) is 3.12. The highest BCUT2D eigenvalue weighted by atomic mass is 16.2. The molecule has 3 heterocycles. The summed E-state index contributed by atoms with van der Waals surface area (Å²) in [5.74, 6) is 0.319. The van der Waals surface area contributed by atoms with Gasteiger partial charge < -0.3 is 15.5 Å². The summed E-state index contributed by atoms with van der Waals surface area (Å²) in [6.07, 6.45) is 8.05. The fourth-order valence-corrected chi connectivity index (χ4v) is 3.55. The third-order valence-corrected chi connectivity index (χ3v) is 5.31. The fourth-order valence-electron chi connectivity index (χ4n) is 3.55. The maximum atomic E-state index is 12.9. The maximum absolute atomic E-state index is 12.9. The molecule has 9 nitrogen and oxygen atoms in total. The van der Waals surface area contributed by atoms with Crippen molar-refractivity contribution in [1.82, 2.24) is 19.7 Å². The Labute approximate surface area is 180 Å². The molecule has 9 heteroatoms. The Morgan fingerprint density at radius 1 is 1.00 bits per heavy atom. The summed E-state index contributed by atoms with van der Waals surface area (Å²) >= 11 is 0. The molecule has 2 N–H and O–H groups in total. The van der Waals surface area contributed by atoms with E-state index in [0.717, 1.165) is 31.7 Å². The normalized spacial score (nSPS) is 14.7. The Bertz CT molecular complexity index is 1030. The Hall–Kier alpha value is -3.75. The van der Waals surface area contributed by atoms with Crippen molar-refractivity contribution in [2.24, 2.45) is 0 Å². The van der Waals surface area contributed by atoms with Crippen molar-refractivity contribution < 1.29 is 9.59 Å². The van der Waals surface area contributed by atoms with Crippen LogP contribution in [-0.2, 0) is 4.79 Å². The molecule has 1 aromatic carbocycles. The van der Waals surface area contributed by atoms with Gasteiger partial charge in [0.25, 0.3) is 5.91 Å². The van der Waals surface area contributed by atoms with Gasteiger partial charge in [0, 0.05) is 30.7 Å². The number of hydrogen-bond acceptors (Lipinski definition) is 6. The number of anilines is 3. The second kappa shape index (κ2) is 9.38. The number of carbonyl (C=O) groups excluding carboxylic acids is 2. The number of nitrogens with one attached hydrogen (secondary N) is 2. The molecule has 3 aromatic rings. The van der Waals surface area contributed by atoms with Crippen molar-refractivity contribution >= 4 is 29.0 Å². The molecule has 4 rings (SSSR count). The van der Waals surface area contributed by atoms with Crippen molar-refractivity contribution in [3.8, 4) is 0 Å². The molecule has 1 saturated heterocycles. The number of piperidine rings is 1. The molecule has 1 aliphatic rings. The van der Waals surface area contributed by atoms with E-state index in [1.54, 1.807) is 49.5 Å². The molecule has 0 radical (unpaired) electrons. The summed E-state index contributed by atoms with van der Waals surface area (Å²) in [5, 5.41) is 9.74. The van der Waals surface area contributed by atoms with Crippen LogP contribution in [0.3, 0.4) is 0 Å². The van der Waals surface area contributed by atoms with Crippen LogP contribution in [0.1, 0.15) is 42.6 Å². The van der Waals surface area contributed by atoms with E-state index in [-0.39, 0.29) is 11.8 Å². The molecule has 2 amide bonds. The van der Waals surface area contributed by atoms with Gasteiger partial charge in [-0.1, -0.05) is 0 Å². The van der Waals surface area contributed by atoms with Gasteiger partial charge >= 0.3 is 0 Å². The van der Waals surface area contributed by atoms with Gasteiger partial charge in [-0.25, -0.2) is 14.6 Å². The summed E-state index contributed by atoms with van der Waals surface area (Å²) in [4.78, 5) is 35.7. The topological polar surface area (TPSA) is 105 Å². The minimum Gasteiger partial charge on any atom is -0.356 e. The van der Waals surface area contributed by atoms with Crippen LogP contribution in [-0.4, -0.2) is 44.7 Å². The fraction of sp³-hybridized carbons (Fsp3) is 0.318. The van der Waals surface area contributed by atoms with Crippen molar-refractivity contribution in [3.63, 3.8) is 0 Å². The molecule has 1 atom stereocenters. The van der Waals surface area contributed by atoms with Crippen molar-refractivity contribution in [2.45, 2.75) is 32.2 Å². The smallest absolute Gasteiger partial charge is 0.259 e. The largest absolute Gasteiger partial charge is 0.356 e. The number of benzene rings is 1. The maximum Gasteiger partial charge on any atom is 0.259 e. The van der Waals surface area contributed by atoms with E-state index in [4.69, 9.17) is 0 Å². The monoisotopic (exact) mass is 419 g/mol. The van der Waals surface area contributed by atoms with Gasteiger partial charge in [-0.15, -0.1) is 0 Å². The molecule has 0 spiro atoms. The first-order chi connectivity index (χ1) is 15.1. The van der Waals surface area contributed by atoms with E-state index in [0.29, 0.717) is 16.9 Å². The molecule has 31 heavy (non-hydrogen) atoms. The lowest BCUT2D eigenvalue weighted by Gasteiger charge is -2.29. The second-order valence-corrected chi connectivity index (χ2v) is 7.49. The van der Waals surface area contributed by atoms with Gasteiger partial charge in [-0.3, -0.25) is 9.59 Å². The van der Waals surface area contributed by atoms with E-state index in [9.17, 15) is 9.59 Å². The summed E-state index contributed by atoms with van der Waals surface area (Å²) < 4.78 is 1.48. The van der Waals surface area contributed by atoms with Crippen LogP contribution in [0.15, 0.2) is 55.2 Å². The average Bonchev–Trinajstić information content (AvgIpc) is 3.35. The van der Waals surface area contributed by atoms with E-state index in [1.165, 1.54) is 23.8 Å². The van der Waals surface area contributed by atoms with Crippen LogP contribution in [0.4, 0.5) is 17.2 Å². The molecule has 0 bridgehead atoms. The van der Waals surface area contributed by atoms with Crippen LogP contribution < -0.4 is 15.5 Å². The minimum atomic E-state index is -0.485. The van der Waals surface area contributed by atoms with E-state index in [1.807, 2.05) is 0 Å². The Morgan fingerprint density at radius 2 is 1.71 bits per heavy atom. The lowest BCUT2D eigenvalue weighted by molar-refractivity contribution is -0.119. The molecule has 0 saturated carbocycles. The van der Waals surface area contributed by atoms with E-state index < -0.39 is 6.04 Å². The van der Waals surface area contributed by atoms with Crippen molar-refractivity contribution in [2.75, 3.05) is 28.6 Å². The first-order valence-electron chi connectivity index (χ1n) is 10.4. The molecule has 2 aromatic heterocycles. The van der Waals surface area contributed by atoms with E-state index in [2.05, 4.69) is 30.6 Å². The van der Waals surface area contributed by atoms with Crippen LogP contribution >= 0.6 is 0 Å². The lowest BCUT2D eigenvalue weighted by atomic mass is 10.1. The molecule has 1 aliphatic heterocycles. The van der Waals surface area contributed by atoms with Gasteiger partial charge in [0.15, 0.2) is 0 Å². The molecule has 160 valence electrons. The van der Waals surface area contributed by atoms with Crippen molar-refractivity contribution in [1.29, 1.82) is 0 Å². The highest BCUT2D eigenvalue weighted by molar-refractivity contribution is 6.07. The minimum absolute atomic E-state index is 0.203. The number of pyridine rings is 1. The number of carbonyl (C=O) groups is 2. The summed E-state index contributed by atoms with van der Waals surface area (Å²) in [6.45, 7) is 3.57. The van der Waals surface area contributed by atoms with Crippen molar-refractivity contribution in [3.05, 3.63) is 60.8 Å². The molecular formula is C22H25N7O2. The molecule has 1 fully saturated rings. The van der Waals surface area contributed by atoms with Crippen LogP contribution in [0.5, 0.6) is 0 Å². The quantitative estimate of drug-likeness (QED) is 0.636. The van der Waals surface area contributed by atoms with Crippen LogP contribution in [0.25, 0.3) is 0 Å². The second-order valence-electron chi connectivity index (χ2n) is 7.49. The number of amides is 2. The first-order valence-corrected chi connectivity index (χ1v) is 10.4. The van der Waals surface area contributed by atoms with Gasteiger partial charge in [0.1, 0.15) is 24.5 Å². The Morgan fingerprint density at radius 3 is 2.39 bits per heavy atom. The highest BCUT2D eigenvalue weighted by Gasteiger charge is 2.20. The van der Waals surface area contributed by atoms with Gasteiger partial charge in [0.2, 0.25) is 5.91 Å². The average molecular weight is 419 g/mol. The SMILES string of the molecule is C[C@H](C(=O)Nc1ccc(NC(=O)c2cccnc2N2CCCCC2)cc1)n1cncn1. The Balaban J connectivity index is 1.40. The van der Waals surface area contributed by atoms with Crippen LogP contribution in [0.2, 0.25) is 0 Å². The zero-order valence-corrected chi connectivity index (χ0v) is 17.4. The number of rotatable bonds is 6. The van der Waals surface area contributed by atoms with Gasteiger partial charge in [0.05, 0.1) is 5.56 Å². The molecule has 0 aliphatic carbocycles. The molecular weight excluding hydrogens is 394 g/mol. The predicted molar refractivity (Wildman–Crippen MR) is 118 cm³/mol. The summed E-state index contributed by atoms with van der Waals surface area (Å²) in [7, 11) is 0. The number of nitrogens with zero attached hydrogens (tertiary/aromatic N) is 5. The first kappa shape index (κ1) is 20.5. The third-order valence-electron chi connectivity index (χ3n) is 5.31. The highest BCUT2D eigenvalue weighted by Crippen LogP contribution is 2.23. The summed E-state index contributed by atoms with van der Waals surface area (Å²) in [5.41, 5.74) is 1.83.